The van der Waals surface area contributed by atoms with Crippen LogP contribution in [0.25, 0.3) is 0 Å². The lowest BCUT2D eigenvalue weighted by atomic mass is 10.1. The molecule has 2 amide bonds. The maximum absolute atomic E-state index is 13.3. The number of carboxylic acids is 1. The van der Waals surface area contributed by atoms with E-state index in [1.165, 1.54) is 54.2 Å². The Morgan fingerprint density at radius 1 is 0.846 bits per heavy atom. The molecular formula is C28H20ClN3O6S. The van der Waals surface area contributed by atoms with Crippen LogP contribution in [0, 0.1) is 10.1 Å². The van der Waals surface area contributed by atoms with Crippen LogP contribution in [0.1, 0.15) is 31.5 Å². The van der Waals surface area contributed by atoms with Crippen molar-refractivity contribution in [2.45, 2.75) is 10.1 Å². The van der Waals surface area contributed by atoms with Gasteiger partial charge in [0.25, 0.3) is 11.6 Å². The molecule has 0 saturated heterocycles. The summed E-state index contributed by atoms with van der Waals surface area (Å²) in [6, 6.07) is 25.3. The average molecular weight is 562 g/mol. The maximum Gasteiger partial charge on any atom is 0.335 e. The molecule has 4 rings (SSSR count). The Labute approximate surface area is 232 Å². The summed E-state index contributed by atoms with van der Waals surface area (Å²) in [5.41, 5.74) is 1.56. The molecule has 4 aromatic carbocycles. The predicted molar refractivity (Wildman–Crippen MR) is 150 cm³/mol. The van der Waals surface area contributed by atoms with Gasteiger partial charge in [0.1, 0.15) is 5.25 Å². The van der Waals surface area contributed by atoms with Crippen molar-refractivity contribution in [2.24, 2.45) is 0 Å². The summed E-state index contributed by atoms with van der Waals surface area (Å²) in [5.74, 6) is -1.96. The Balaban J connectivity index is 1.49. The van der Waals surface area contributed by atoms with E-state index in [9.17, 15) is 29.6 Å². The molecule has 0 fully saturated rings. The van der Waals surface area contributed by atoms with Crippen LogP contribution in [0.15, 0.2) is 102 Å². The number of anilines is 2. The van der Waals surface area contributed by atoms with E-state index < -0.39 is 28.0 Å². The lowest BCUT2D eigenvalue weighted by Crippen LogP contribution is -2.19. The summed E-state index contributed by atoms with van der Waals surface area (Å²) in [6.07, 6.45) is 0. The van der Waals surface area contributed by atoms with Crippen LogP contribution in [0.5, 0.6) is 0 Å². The van der Waals surface area contributed by atoms with Gasteiger partial charge in [-0.2, -0.15) is 0 Å². The first-order valence-corrected chi connectivity index (χ1v) is 12.7. The van der Waals surface area contributed by atoms with Gasteiger partial charge in [0.15, 0.2) is 0 Å². The molecule has 196 valence electrons. The fourth-order valence-electron chi connectivity index (χ4n) is 3.54. The topological polar surface area (TPSA) is 139 Å². The van der Waals surface area contributed by atoms with E-state index in [-0.39, 0.29) is 27.5 Å². The normalized spacial score (nSPS) is 11.3. The Bertz CT molecular complexity index is 1530. The third kappa shape index (κ3) is 7.01. The first-order chi connectivity index (χ1) is 18.7. The summed E-state index contributed by atoms with van der Waals surface area (Å²) in [7, 11) is 0. The molecule has 1 atom stereocenters. The number of carbonyl (C=O) groups excluding carboxylic acids is 2. The standard InChI is InChI=1S/C28H20ClN3O6S/c29-23-15-8-19(28(35)36)16-24(23)31-27(34)25(17-4-2-1-3-5-17)39-22-13-9-20(10-14-22)30-26(33)18-6-11-21(12-7-18)32(37)38/h1-16,25H,(H,30,33)(H,31,34)(H,35,36). The van der Waals surface area contributed by atoms with Crippen molar-refractivity contribution in [3.05, 3.63) is 129 Å². The van der Waals surface area contributed by atoms with Gasteiger partial charge >= 0.3 is 5.97 Å². The van der Waals surface area contributed by atoms with E-state index in [4.69, 9.17) is 11.6 Å². The maximum atomic E-state index is 13.3. The van der Waals surface area contributed by atoms with E-state index in [0.29, 0.717) is 5.69 Å². The van der Waals surface area contributed by atoms with Crippen molar-refractivity contribution in [1.82, 2.24) is 0 Å². The van der Waals surface area contributed by atoms with Crippen LogP contribution in [0.4, 0.5) is 17.1 Å². The van der Waals surface area contributed by atoms with Crippen LogP contribution in [-0.4, -0.2) is 27.8 Å². The smallest absolute Gasteiger partial charge is 0.335 e. The Morgan fingerprint density at radius 2 is 1.49 bits per heavy atom. The molecule has 9 nitrogen and oxygen atoms in total. The zero-order chi connectivity index (χ0) is 27.9. The second kappa shape index (κ2) is 12.2. The van der Waals surface area contributed by atoms with Crippen LogP contribution < -0.4 is 10.6 Å². The van der Waals surface area contributed by atoms with Gasteiger partial charge in [-0.05, 0) is 60.2 Å². The minimum atomic E-state index is -1.14. The molecule has 39 heavy (non-hydrogen) atoms. The fraction of sp³-hybridized carbons (Fsp3) is 0.0357. The van der Waals surface area contributed by atoms with Crippen molar-refractivity contribution in [1.29, 1.82) is 0 Å². The first kappa shape index (κ1) is 27.4. The van der Waals surface area contributed by atoms with Gasteiger partial charge < -0.3 is 15.7 Å². The number of halogens is 1. The van der Waals surface area contributed by atoms with Gasteiger partial charge in [0, 0.05) is 28.3 Å². The Kier molecular flexibility index (Phi) is 8.60. The molecule has 11 heteroatoms. The third-order valence-electron chi connectivity index (χ3n) is 5.52. The lowest BCUT2D eigenvalue weighted by Gasteiger charge is -2.18. The number of nitro groups is 1. The molecule has 0 saturated carbocycles. The Morgan fingerprint density at radius 3 is 2.10 bits per heavy atom. The molecule has 0 aliphatic rings. The van der Waals surface area contributed by atoms with Crippen molar-refractivity contribution in [3.63, 3.8) is 0 Å². The highest BCUT2D eigenvalue weighted by molar-refractivity contribution is 8.00. The average Bonchev–Trinajstić information content (AvgIpc) is 2.94. The number of nitro benzene ring substituents is 1. The number of rotatable bonds is 9. The van der Waals surface area contributed by atoms with Crippen molar-refractivity contribution < 1.29 is 24.4 Å². The van der Waals surface area contributed by atoms with Gasteiger partial charge in [0.05, 0.1) is 21.2 Å². The van der Waals surface area contributed by atoms with Gasteiger partial charge in [-0.3, -0.25) is 19.7 Å². The number of hydrogen-bond donors (Lipinski definition) is 3. The lowest BCUT2D eigenvalue weighted by molar-refractivity contribution is -0.384. The predicted octanol–water partition coefficient (Wildman–Crippen LogP) is 6.67. The third-order valence-corrected chi connectivity index (χ3v) is 7.11. The zero-order valence-electron chi connectivity index (χ0n) is 20.0. The summed E-state index contributed by atoms with van der Waals surface area (Å²) >= 11 is 7.47. The highest BCUT2D eigenvalue weighted by Gasteiger charge is 2.23. The van der Waals surface area contributed by atoms with E-state index in [2.05, 4.69) is 10.6 Å². The van der Waals surface area contributed by atoms with Crippen LogP contribution >= 0.6 is 23.4 Å². The molecule has 1 unspecified atom stereocenters. The number of thioether (sulfide) groups is 1. The molecular weight excluding hydrogens is 542 g/mol. The van der Waals surface area contributed by atoms with E-state index in [0.717, 1.165) is 10.5 Å². The van der Waals surface area contributed by atoms with Gasteiger partial charge in [-0.15, -0.1) is 11.8 Å². The number of amides is 2. The number of nitrogens with zero attached hydrogens (tertiary/aromatic N) is 1. The number of benzene rings is 4. The number of carbonyl (C=O) groups is 3. The molecule has 4 aromatic rings. The number of hydrogen-bond acceptors (Lipinski definition) is 6. The SMILES string of the molecule is O=C(O)c1ccc(Cl)c(NC(=O)C(Sc2ccc(NC(=O)c3ccc([N+](=O)[O-])cc3)cc2)c2ccccc2)c1. The molecule has 0 aliphatic carbocycles. The molecule has 3 N–H and O–H groups in total. The molecule has 0 aliphatic heterocycles. The van der Waals surface area contributed by atoms with Crippen molar-refractivity contribution >= 4 is 58.2 Å². The second-order valence-corrected chi connectivity index (χ2v) is 9.77. The summed E-state index contributed by atoms with van der Waals surface area (Å²) < 4.78 is 0. The van der Waals surface area contributed by atoms with E-state index in [1.807, 2.05) is 30.3 Å². The van der Waals surface area contributed by atoms with Crippen LogP contribution in [0.2, 0.25) is 5.02 Å². The summed E-state index contributed by atoms with van der Waals surface area (Å²) in [6.45, 7) is 0. The minimum Gasteiger partial charge on any atom is -0.478 e. The van der Waals surface area contributed by atoms with E-state index in [1.54, 1.807) is 24.3 Å². The highest BCUT2D eigenvalue weighted by Crippen LogP contribution is 2.37. The second-order valence-electron chi connectivity index (χ2n) is 8.18. The highest BCUT2D eigenvalue weighted by atomic mass is 35.5. The number of aromatic carboxylic acids is 1. The first-order valence-electron chi connectivity index (χ1n) is 11.4. The monoisotopic (exact) mass is 561 g/mol. The fourth-order valence-corrected chi connectivity index (χ4v) is 4.73. The van der Waals surface area contributed by atoms with Crippen LogP contribution in [-0.2, 0) is 4.79 Å². The summed E-state index contributed by atoms with van der Waals surface area (Å²) in [4.78, 5) is 48.2. The molecule has 0 bridgehead atoms. The Hall–Kier alpha value is -4.67. The van der Waals surface area contributed by atoms with Gasteiger partial charge in [-0.1, -0.05) is 41.9 Å². The van der Waals surface area contributed by atoms with Crippen molar-refractivity contribution in [3.8, 4) is 0 Å². The van der Waals surface area contributed by atoms with E-state index >= 15 is 0 Å². The molecule has 0 spiro atoms. The number of nitrogens with one attached hydrogen (secondary N) is 2. The molecule has 0 heterocycles. The number of carboxylic acid groups (broad SMARTS) is 1. The number of non-ortho nitro benzene ring substituents is 1. The quantitative estimate of drug-likeness (QED) is 0.118. The van der Waals surface area contributed by atoms with Gasteiger partial charge in [-0.25, -0.2) is 4.79 Å². The van der Waals surface area contributed by atoms with Gasteiger partial charge in [0.2, 0.25) is 5.91 Å². The van der Waals surface area contributed by atoms with Crippen molar-refractivity contribution in [2.75, 3.05) is 10.6 Å². The minimum absolute atomic E-state index is 0.00928. The summed E-state index contributed by atoms with van der Waals surface area (Å²) in [5, 5.41) is 25.1. The zero-order valence-corrected chi connectivity index (χ0v) is 21.6. The molecule has 0 aromatic heterocycles. The van der Waals surface area contributed by atoms with Crippen LogP contribution in [0.3, 0.4) is 0 Å². The largest absolute Gasteiger partial charge is 0.478 e. The molecule has 0 radical (unpaired) electrons.